The summed E-state index contributed by atoms with van der Waals surface area (Å²) in [6.07, 6.45) is 18.5. The first-order chi connectivity index (χ1) is 30.2. The molecule has 0 aromatic rings. The van der Waals surface area contributed by atoms with E-state index < -0.39 is 97.5 Å². The van der Waals surface area contributed by atoms with Crippen LogP contribution in [0.5, 0.6) is 0 Å². The van der Waals surface area contributed by atoms with Gasteiger partial charge in [-0.05, 0) is 25.7 Å². The minimum atomic E-state index is -4.91. The van der Waals surface area contributed by atoms with Crippen molar-refractivity contribution in [2.45, 2.75) is 219 Å². The largest absolute Gasteiger partial charge is 0.472 e. The quantitative estimate of drug-likeness (QED) is 0.0223. The molecule has 2 unspecified atom stereocenters. The zero-order valence-corrected chi connectivity index (χ0v) is 40.8. The average molecular weight is 947 g/mol. The number of hydrogen-bond donors (Lipinski definition) is 3. The number of ether oxygens (including phenoxy) is 4. The highest BCUT2D eigenvalue weighted by Crippen LogP contribution is 2.45. The van der Waals surface area contributed by atoms with Gasteiger partial charge in [0, 0.05) is 25.7 Å². The Balaban J connectivity index is 5.08. The first-order valence-electron chi connectivity index (χ1n) is 23.8. The molecule has 0 aliphatic carbocycles. The molecule has 5 atom stereocenters. The van der Waals surface area contributed by atoms with E-state index in [9.17, 15) is 43.2 Å². The van der Waals surface area contributed by atoms with Crippen molar-refractivity contribution in [3.05, 3.63) is 0 Å². The van der Waals surface area contributed by atoms with Gasteiger partial charge in [-0.1, -0.05) is 150 Å². The summed E-state index contributed by atoms with van der Waals surface area (Å²) in [5.41, 5.74) is 0. The topological polar surface area (TPSA) is 237 Å². The summed E-state index contributed by atoms with van der Waals surface area (Å²) < 4.78 is 66.3. The Bertz CT molecular complexity index is 1270. The summed E-state index contributed by atoms with van der Waals surface area (Å²) >= 11 is 0. The Kier molecular flexibility index (Phi) is 39.1. The fourth-order valence-corrected chi connectivity index (χ4v) is 7.68. The van der Waals surface area contributed by atoms with E-state index in [0.717, 1.165) is 89.9 Å². The van der Waals surface area contributed by atoms with Crippen LogP contribution in [0.3, 0.4) is 0 Å². The first-order valence-corrected chi connectivity index (χ1v) is 26.8. The number of aliphatic hydroxyl groups is 1. The zero-order valence-electron chi connectivity index (χ0n) is 39.0. The molecule has 0 aliphatic rings. The van der Waals surface area contributed by atoms with E-state index in [1.165, 1.54) is 32.1 Å². The summed E-state index contributed by atoms with van der Waals surface area (Å²) in [5, 5.41) is 10.3. The summed E-state index contributed by atoms with van der Waals surface area (Å²) in [4.78, 5) is 70.3. The maximum atomic E-state index is 12.7. The normalized spacial score (nSPS) is 14.8. The van der Waals surface area contributed by atoms with Crippen LogP contribution in [0.15, 0.2) is 0 Å². The maximum absolute atomic E-state index is 12.7. The molecule has 19 heteroatoms. The highest BCUT2D eigenvalue weighted by atomic mass is 31.2. The molecule has 0 saturated heterocycles. The number of unbranched alkanes of at least 4 members (excludes halogenated alkanes) is 19. The van der Waals surface area contributed by atoms with Crippen LogP contribution in [-0.2, 0) is 65.4 Å². The van der Waals surface area contributed by atoms with E-state index in [0.29, 0.717) is 25.7 Å². The third-order valence-corrected chi connectivity index (χ3v) is 11.8. The van der Waals surface area contributed by atoms with Gasteiger partial charge in [0.2, 0.25) is 0 Å². The van der Waals surface area contributed by atoms with Crippen molar-refractivity contribution in [1.29, 1.82) is 0 Å². The fourth-order valence-electron chi connectivity index (χ4n) is 6.10. The van der Waals surface area contributed by atoms with Gasteiger partial charge in [-0.15, -0.1) is 0 Å². The zero-order chi connectivity index (χ0) is 47.0. The van der Waals surface area contributed by atoms with E-state index in [1.54, 1.807) is 0 Å². The molecule has 0 rings (SSSR count). The molecule has 0 aromatic heterocycles. The first kappa shape index (κ1) is 61.1. The van der Waals surface area contributed by atoms with Gasteiger partial charge in [0.05, 0.1) is 26.4 Å². The molecule has 0 fully saturated rings. The summed E-state index contributed by atoms with van der Waals surface area (Å²) in [6.45, 7) is 4.39. The summed E-state index contributed by atoms with van der Waals surface area (Å²) in [6, 6.07) is 0. The number of rotatable bonds is 45. The van der Waals surface area contributed by atoms with E-state index in [-0.39, 0.29) is 25.7 Å². The highest BCUT2D eigenvalue weighted by molar-refractivity contribution is 7.47. The Morgan fingerprint density at radius 3 is 0.952 bits per heavy atom. The lowest BCUT2D eigenvalue weighted by molar-refractivity contribution is -0.161. The summed E-state index contributed by atoms with van der Waals surface area (Å²) in [7, 11) is -9.81. The standard InChI is InChI=1S/C44H84O17P2/c1-5-9-13-17-19-20-21-23-26-29-42(47)55-35-40(61-44(49)31-27-22-18-14-10-6-2)37-59-63(52,53)57-33-38(45)32-56-62(50,51)58-36-39(60-43(48)30-25-16-12-8-4)34-54-41(46)28-24-15-11-7-3/h38-40,45H,5-37H2,1-4H3,(H,50,51)(H,52,53)/t38-,39-,40-/m1/s1. The van der Waals surface area contributed by atoms with Crippen LogP contribution in [0.1, 0.15) is 201 Å². The van der Waals surface area contributed by atoms with Crippen LogP contribution in [-0.4, -0.2) is 96.7 Å². The lowest BCUT2D eigenvalue weighted by Gasteiger charge is -2.21. The monoisotopic (exact) mass is 947 g/mol. The van der Waals surface area contributed by atoms with Crippen LogP contribution in [0.2, 0.25) is 0 Å². The number of carbonyl (C=O) groups is 4. The fraction of sp³-hybridized carbons (Fsp3) is 0.909. The van der Waals surface area contributed by atoms with Crippen LogP contribution < -0.4 is 0 Å². The SMILES string of the molecule is CCCCCCCCCCCC(=O)OC[C@H](COP(=O)(O)OC[C@H](O)COP(=O)(O)OC[C@@H](COC(=O)CCCCCC)OC(=O)CCCCCC)OC(=O)CCCCCCCC. The van der Waals surface area contributed by atoms with Crippen molar-refractivity contribution in [2.24, 2.45) is 0 Å². The van der Waals surface area contributed by atoms with Crippen molar-refractivity contribution in [3.63, 3.8) is 0 Å². The third-order valence-electron chi connectivity index (χ3n) is 9.85. The molecule has 17 nitrogen and oxygen atoms in total. The smallest absolute Gasteiger partial charge is 0.462 e. The van der Waals surface area contributed by atoms with Gasteiger partial charge < -0.3 is 33.8 Å². The molecule has 372 valence electrons. The van der Waals surface area contributed by atoms with Gasteiger partial charge in [-0.2, -0.15) is 0 Å². The highest BCUT2D eigenvalue weighted by Gasteiger charge is 2.30. The van der Waals surface area contributed by atoms with E-state index in [1.807, 2.05) is 13.8 Å². The minimum Gasteiger partial charge on any atom is -0.462 e. The van der Waals surface area contributed by atoms with Gasteiger partial charge in [-0.25, -0.2) is 9.13 Å². The molecule has 0 radical (unpaired) electrons. The molecular formula is C44H84O17P2. The van der Waals surface area contributed by atoms with Gasteiger partial charge >= 0.3 is 39.5 Å². The number of aliphatic hydroxyl groups excluding tert-OH is 1. The average Bonchev–Trinajstić information content (AvgIpc) is 3.25. The molecule has 0 bridgehead atoms. The molecule has 0 heterocycles. The molecule has 63 heavy (non-hydrogen) atoms. The van der Waals surface area contributed by atoms with Crippen molar-refractivity contribution in [2.75, 3.05) is 39.6 Å². The number of esters is 4. The van der Waals surface area contributed by atoms with Gasteiger partial charge in [0.15, 0.2) is 12.2 Å². The van der Waals surface area contributed by atoms with E-state index >= 15 is 0 Å². The number of phosphoric acid groups is 2. The van der Waals surface area contributed by atoms with E-state index in [4.69, 9.17) is 37.0 Å². The minimum absolute atomic E-state index is 0.0946. The Hall–Kier alpha value is -1.94. The van der Waals surface area contributed by atoms with Crippen molar-refractivity contribution in [1.82, 2.24) is 0 Å². The van der Waals surface area contributed by atoms with Crippen molar-refractivity contribution < 1.29 is 80.2 Å². The van der Waals surface area contributed by atoms with Gasteiger partial charge in [0.1, 0.15) is 19.3 Å². The van der Waals surface area contributed by atoms with Crippen LogP contribution in [0.4, 0.5) is 0 Å². The number of hydrogen-bond acceptors (Lipinski definition) is 15. The molecular weight excluding hydrogens is 862 g/mol. The third kappa shape index (κ3) is 40.1. The Morgan fingerprint density at radius 2 is 0.635 bits per heavy atom. The number of carbonyl (C=O) groups excluding carboxylic acids is 4. The second-order valence-electron chi connectivity index (χ2n) is 16.1. The molecule has 0 saturated carbocycles. The Labute approximate surface area is 377 Å². The lowest BCUT2D eigenvalue weighted by Crippen LogP contribution is -2.30. The van der Waals surface area contributed by atoms with Gasteiger partial charge in [0.25, 0.3) is 0 Å². The number of phosphoric ester groups is 2. The van der Waals surface area contributed by atoms with Crippen LogP contribution in [0.25, 0.3) is 0 Å². The molecule has 3 N–H and O–H groups in total. The van der Waals surface area contributed by atoms with E-state index in [2.05, 4.69) is 13.8 Å². The molecule has 0 aliphatic heterocycles. The predicted molar refractivity (Wildman–Crippen MR) is 238 cm³/mol. The van der Waals surface area contributed by atoms with Crippen molar-refractivity contribution >= 4 is 39.5 Å². The van der Waals surface area contributed by atoms with Crippen LogP contribution >= 0.6 is 15.6 Å². The lowest BCUT2D eigenvalue weighted by atomic mass is 10.1. The van der Waals surface area contributed by atoms with Gasteiger partial charge in [-0.3, -0.25) is 37.3 Å². The molecule has 0 amide bonds. The van der Waals surface area contributed by atoms with Crippen LogP contribution in [0, 0.1) is 0 Å². The second-order valence-corrected chi connectivity index (χ2v) is 19.0. The molecule has 0 spiro atoms. The van der Waals surface area contributed by atoms with Crippen molar-refractivity contribution in [3.8, 4) is 0 Å². The Morgan fingerprint density at radius 1 is 0.381 bits per heavy atom. The maximum Gasteiger partial charge on any atom is 0.472 e. The second kappa shape index (κ2) is 40.3. The summed E-state index contributed by atoms with van der Waals surface area (Å²) in [5.74, 6) is -2.21. The molecule has 0 aromatic carbocycles. The predicted octanol–water partition coefficient (Wildman–Crippen LogP) is 10.1.